The molecule has 5 heteroatoms. The van der Waals surface area contributed by atoms with Gasteiger partial charge in [0.1, 0.15) is 17.3 Å². The Morgan fingerprint density at radius 3 is 2.68 bits per heavy atom. The molecule has 0 aliphatic rings. The standard InChI is InChI=1S/C14H21N3OS/c1-5-7-18-8-11-16-13(15-6-2)12-9(3)10(4)19-14(12)17-11/h5-8H2,1-4H3,(H,15,16,17). The number of aryl methyl sites for hydroxylation is 2. The summed E-state index contributed by atoms with van der Waals surface area (Å²) in [5.74, 6) is 1.70. The van der Waals surface area contributed by atoms with Gasteiger partial charge >= 0.3 is 0 Å². The van der Waals surface area contributed by atoms with Gasteiger partial charge in [0.25, 0.3) is 0 Å². The summed E-state index contributed by atoms with van der Waals surface area (Å²) < 4.78 is 5.54. The molecular weight excluding hydrogens is 258 g/mol. The minimum atomic E-state index is 0.484. The maximum atomic E-state index is 5.54. The van der Waals surface area contributed by atoms with E-state index in [-0.39, 0.29) is 0 Å². The molecule has 0 fully saturated rings. The Morgan fingerprint density at radius 2 is 2.00 bits per heavy atom. The quantitative estimate of drug-likeness (QED) is 0.820. The second-order valence-corrected chi connectivity index (χ2v) is 5.74. The third kappa shape index (κ3) is 3.04. The molecule has 0 aliphatic carbocycles. The average molecular weight is 279 g/mol. The summed E-state index contributed by atoms with van der Waals surface area (Å²) in [6, 6.07) is 0. The van der Waals surface area contributed by atoms with Gasteiger partial charge < -0.3 is 10.1 Å². The van der Waals surface area contributed by atoms with E-state index in [2.05, 4.69) is 43.0 Å². The van der Waals surface area contributed by atoms with E-state index in [1.807, 2.05) is 0 Å². The van der Waals surface area contributed by atoms with E-state index in [0.29, 0.717) is 6.61 Å². The molecule has 0 bridgehead atoms. The molecule has 0 aliphatic heterocycles. The SMILES string of the molecule is CCCOCc1nc(NCC)c2c(C)c(C)sc2n1. The molecule has 19 heavy (non-hydrogen) atoms. The van der Waals surface area contributed by atoms with E-state index < -0.39 is 0 Å². The summed E-state index contributed by atoms with van der Waals surface area (Å²) in [7, 11) is 0. The highest BCUT2D eigenvalue weighted by atomic mass is 32.1. The molecule has 2 aromatic heterocycles. The van der Waals surface area contributed by atoms with E-state index in [1.165, 1.54) is 10.4 Å². The highest BCUT2D eigenvalue weighted by molar-refractivity contribution is 7.18. The number of hydrogen-bond acceptors (Lipinski definition) is 5. The number of nitrogens with zero attached hydrogens (tertiary/aromatic N) is 2. The number of anilines is 1. The monoisotopic (exact) mass is 279 g/mol. The molecular formula is C14H21N3OS. The van der Waals surface area contributed by atoms with Crippen molar-refractivity contribution in [2.75, 3.05) is 18.5 Å². The molecule has 104 valence electrons. The molecule has 1 N–H and O–H groups in total. The van der Waals surface area contributed by atoms with Crippen LogP contribution in [0.3, 0.4) is 0 Å². The van der Waals surface area contributed by atoms with Gasteiger partial charge in [-0.3, -0.25) is 0 Å². The van der Waals surface area contributed by atoms with E-state index >= 15 is 0 Å². The van der Waals surface area contributed by atoms with Crippen molar-refractivity contribution in [1.82, 2.24) is 9.97 Å². The van der Waals surface area contributed by atoms with Gasteiger partial charge in [-0.1, -0.05) is 6.92 Å². The summed E-state index contributed by atoms with van der Waals surface area (Å²) in [5, 5.41) is 4.49. The Kier molecular flexibility index (Phi) is 4.71. The molecule has 4 nitrogen and oxygen atoms in total. The van der Waals surface area contributed by atoms with Gasteiger partial charge in [-0.25, -0.2) is 9.97 Å². The number of thiophene rings is 1. The third-order valence-electron chi connectivity index (χ3n) is 3.00. The van der Waals surface area contributed by atoms with Crippen molar-refractivity contribution in [3.05, 3.63) is 16.3 Å². The fourth-order valence-corrected chi connectivity index (χ4v) is 3.01. The maximum absolute atomic E-state index is 5.54. The first kappa shape index (κ1) is 14.2. The smallest absolute Gasteiger partial charge is 0.158 e. The van der Waals surface area contributed by atoms with Crippen molar-refractivity contribution < 1.29 is 4.74 Å². The van der Waals surface area contributed by atoms with Crippen LogP contribution in [0.5, 0.6) is 0 Å². The van der Waals surface area contributed by atoms with Crippen LogP contribution >= 0.6 is 11.3 Å². The van der Waals surface area contributed by atoms with Crippen LogP contribution in [0.15, 0.2) is 0 Å². The van der Waals surface area contributed by atoms with E-state index in [1.54, 1.807) is 11.3 Å². The number of rotatable bonds is 6. The summed E-state index contributed by atoms with van der Waals surface area (Å²) in [4.78, 5) is 11.6. The van der Waals surface area contributed by atoms with Crippen molar-refractivity contribution in [3.63, 3.8) is 0 Å². The molecule has 0 saturated carbocycles. The first-order chi connectivity index (χ1) is 9.17. The van der Waals surface area contributed by atoms with Crippen LogP contribution in [0.25, 0.3) is 10.2 Å². The second kappa shape index (κ2) is 6.30. The first-order valence-corrected chi connectivity index (χ1v) is 7.57. The van der Waals surface area contributed by atoms with Gasteiger partial charge in [-0.2, -0.15) is 0 Å². The molecule has 0 radical (unpaired) electrons. The molecule has 0 spiro atoms. The van der Waals surface area contributed by atoms with Crippen molar-refractivity contribution in [2.45, 2.75) is 40.7 Å². The Hall–Kier alpha value is -1.20. The molecule has 2 heterocycles. The van der Waals surface area contributed by atoms with Gasteiger partial charge in [-0.15, -0.1) is 11.3 Å². The van der Waals surface area contributed by atoms with Crippen molar-refractivity contribution >= 4 is 27.4 Å². The summed E-state index contributed by atoms with van der Waals surface area (Å²) >= 11 is 1.73. The lowest BCUT2D eigenvalue weighted by atomic mass is 10.2. The normalized spacial score (nSPS) is 11.2. The van der Waals surface area contributed by atoms with Crippen molar-refractivity contribution in [1.29, 1.82) is 0 Å². The van der Waals surface area contributed by atoms with Crippen LogP contribution in [0, 0.1) is 13.8 Å². The molecule has 2 aromatic rings. The van der Waals surface area contributed by atoms with Gasteiger partial charge in [0.05, 0.1) is 5.39 Å². The molecule has 0 atom stereocenters. The zero-order valence-corrected chi connectivity index (χ0v) is 12.9. The maximum Gasteiger partial charge on any atom is 0.158 e. The number of hydrogen-bond donors (Lipinski definition) is 1. The molecule has 0 amide bonds. The lowest BCUT2D eigenvalue weighted by Crippen LogP contribution is -2.06. The number of nitrogens with one attached hydrogen (secondary N) is 1. The van der Waals surface area contributed by atoms with E-state index in [0.717, 1.165) is 41.4 Å². The second-order valence-electron chi connectivity index (χ2n) is 4.53. The average Bonchev–Trinajstić information content (AvgIpc) is 2.66. The van der Waals surface area contributed by atoms with Crippen LogP contribution in [0.2, 0.25) is 0 Å². The van der Waals surface area contributed by atoms with E-state index in [9.17, 15) is 0 Å². The van der Waals surface area contributed by atoms with Crippen LogP contribution in [-0.2, 0) is 11.3 Å². The van der Waals surface area contributed by atoms with E-state index in [4.69, 9.17) is 4.74 Å². The highest BCUT2D eigenvalue weighted by Crippen LogP contribution is 2.33. The summed E-state index contributed by atoms with van der Waals surface area (Å²) in [5.41, 5.74) is 1.27. The van der Waals surface area contributed by atoms with Crippen LogP contribution in [-0.4, -0.2) is 23.1 Å². The van der Waals surface area contributed by atoms with Crippen LogP contribution in [0.4, 0.5) is 5.82 Å². The molecule has 0 unspecified atom stereocenters. The molecule has 0 saturated heterocycles. The number of aromatic nitrogens is 2. The number of fused-ring (bicyclic) bond motifs is 1. The Labute approximate surface area is 118 Å². The predicted molar refractivity (Wildman–Crippen MR) is 81.0 cm³/mol. The van der Waals surface area contributed by atoms with Crippen LogP contribution < -0.4 is 5.32 Å². The largest absolute Gasteiger partial charge is 0.373 e. The first-order valence-electron chi connectivity index (χ1n) is 6.75. The third-order valence-corrected chi connectivity index (χ3v) is 4.10. The van der Waals surface area contributed by atoms with Gasteiger partial charge in [0.2, 0.25) is 0 Å². The Bertz CT molecular complexity index is 565. The summed E-state index contributed by atoms with van der Waals surface area (Å²) in [6.45, 7) is 10.5. The van der Waals surface area contributed by atoms with Crippen molar-refractivity contribution in [2.24, 2.45) is 0 Å². The number of ether oxygens (including phenoxy) is 1. The lowest BCUT2D eigenvalue weighted by molar-refractivity contribution is 0.116. The van der Waals surface area contributed by atoms with Gasteiger partial charge in [0, 0.05) is 18.0 Å². The molecule has 2 rings (SSSR count). The van der Waals surface area contributed by atoms with Crippen LogP contribution in [0.1, 0.15) is 36.5 Å². The topological polar surface area (TPSA) is 47.0 Å². The Balaban J connectivity index is 2.40. The molecule has 0 aromatic carbocycles. The lowest BCUT2D eigenvalue weighted by Gasteiger charge is -2.08. The zero-order valence-electron chi connectivity index (χ0n) is 12.0. The fraction of sp³-hybridized carbons (Fsp3) is 0.571. The van der Waals surface area contributed by atoms with Crippen molar-refractivity contribution in [3.8, 4) is 0 Å². The Morgan fingerprint density at radius 1 is 1.21 bits per heavy atom. The minimum absolute atomic E-state index is 0.484. The fourth-order valence-electron chi connectivity index (χ4n) is 1.96. The van der Waals surface area contributed by atoms with Gasteiger partial charge in [0.15, 0.2) is 5.82 Å². The van der Waals surface area contributed by atoms with Gasteiger partial charge in [-0.05, 0) is 32.8 Å². The predicted octanol–water partition coefficient (Wildman–Crippen LogP) is 3.67. The highest BCUT2D eigenvalue weighted by Gasteiger charge is 2.14. The zero-order chi connectivity index (χ0) is 13.8. The summed E-state index contributed by atoms with van der Waals surface area (Å²) in [6.07, 6.45) is 1.01. The minimum Gasteiger partial charge on any atom is -0.373 e.